The molecule has 146 valence electrons. The van der Waals surface area contributed by atoms with Gasteiger partial charge in [0, 0.05) is 28.3 Å². The van der Waals surface area contributed by atoms with Crippen LogP contribution in [0.3, 0.4) is 0 Å². The average Bonchev–Trinajstić information content (AvgIpc) is 3.02. The smallest absolute Gasteiger partial charge is 0.234 e. The van der Waals surface area contributed by atoms with Crippen molar-refractivity contribution in [3.8, 4) is 5.75 Å². The van der Waals surface area contributed by atoms with Crippen molar-refractivity contribution < 1.29 is 9.53 Å². The molecule has 0 aliphatic heterocycles. The number of benzene rings is 2. The average molecular weight is 502 g/mol. The van der Waals surface area contributed by atoms with Gasteiger partial charge in [-0.2, -0.15) is 0 Å². The summed E-state index contributed by atoms with van der Waals surface area (Å²) in [6.45, 7) is 0.176. The zero-order valence-electron chi connectivity index (χ0n) is 14.7. The Morgan fingerprint density at radius 2 is 1.96 bits per heavy atom. The highest BCUT2D eigenvalue weighted by atomic mass is 79.9. The van der Waals surface area contributed by atoms with Crippen LogP contribution in [-0.4, -0.2) is 26.4 Å². The number of amides is 1. The van der Waals surface area contributed by atoms with Crippen molar-refractivity contribution in [2.75, 3.05) is 11.1 Å². The second-order valence-electron chi connectivity index (χ2n) is 5.66. The molecule has 28 heavy (non-hydrogen) atoms. The Hall–Kier alpha value is -1.74. The van der Waals surface area contributed by atoms with Gasteiger partial charge in [0.15, 0.2) is 11.0 Å². The van der Waals surface area contributed by atoms with Crippen molar-refractivity contribution in [2.45, 2.75) is 11.8 Å². The summed E-state index contributed by atoms with van der Waals surface area (Å²) in [6, 6.07) is 12.4. The molecule has 3 aromatic rings. The van der Waals surface area contributed by atoms with Gasteiger partial charge in [0.2, 0.25) is 5.91 Å². The predicted molar refractivity (Wildman–Crippen MR) is 115 cm³/mol. The first-order valence-electron chi connectivity index (χ1n) is 8.06. The minimum absolute atomic E-state index is 0.126. The van der Waals surface area contributed by atoms with Gasteiger partial charge in [-0.3, -0.25) is 4.79 Å². The quantitative estimate of drug-likeness (QED) is 0.451. The molecule has 0 unspecified atom stereocenters. The van der Waals surface area contributed by atoms with Gasteiger partial charge >= 0.3 is 0 Å². The van der Waals surface area contributed by atoms with E-state index in [1.807, 2.05) is 31.3 Å². The largest absolute Gasteiger partial charge is 0.484 e. The highest BCUT2D eigenvalue weighted by molar-refractivity contribution is 9.10. The molecule has 0 bridgehead atoms. The Bertz CT molecular complexity index is 982. The van der Waals surface area contributed by atoms with Crippen LogP contribution >= 0.6 is 50.9 Å². The minimum Gasteiger partial charge on any atom is -0.484 e. The van der Waals surface area contributed by atoms with E-state index < -0.39 is 0 Å². The number of nitrogens with zero attached hydrogens (tertiary/aromatic N) is 3. The third-order valence-electron chi connectivity index (χ3n) is 3.64. The van der Waals surface area contributed by atoms with Crippen LogP contribution in [0.5, 0.6) is 5.75 Å². The van der Waals surface area contributed by atoms with Gasteiger partial charge in [0.1, 0.15) is 12.4 Å². The molecule has 0 saturated carbocycles. The number of halogens is 3. The summed E-state index contributed by atoms with van der Waals surface area (Å²) in [5, 5.41) is 12.7. The van der Waals surface area contributed by atoms with E-state index in [0.29, 0.717) is 26.8 Å². The van der Waals surface area contributed by atoms with E-state index in [-0.39, 0.29) is 18.3 Å². The van der Waals surface area contributed by atoms with Crippen molar-refractivity contribution >= 4 is 62.5 Å². The van der Waals surface area contributed by atoms with E-state index in [1.54, 1.807) is 22.8 Å². The molecular formula is C18H15BrCl2N4O2S. The summed E-state index contributed by atoms with van der Waals surface area (Å²) in [7, 11) is 1.81. The summed E-state index contributed by atoms with van der Waals surface area (Å²) in [5.41, 5.74) is 0.735. The third-order valence-corrected chi connectivity index (χ3v) is 5.73. The van der Waals surface area contributed by atoms with Gasteiger partial charge in [0.05, 0.1) is 10.8 Å². The van der Waals surface area contributed by atoms with Crippen molar-refractivity contribution in [1.29, 1.82) is 0 Å². The topological polar surface area (TPSA) is 69.0 Å². The van der Waals surface area contributed by atoms with Crippen LogP contribution in [-0.2, 0) is 18.4 Å². The molecule has 6 nitrogen and oxygen atoms in total. The molecule has 0 aliphatic rings. The minimum atomic E-state index is -0.126. The number of nitrogens with one attached hydrogen (secondary N) is 1. The second kappa shape index (κ2) is 9.65. The van der Waals surface area contributed by atoms with Crippen LogP contribution in [0.1, 0.15) is 5.82 Å². The van der Waals surface area contributed by atoms with E-state index >= 15 is 0 Å². The van der Waals surface area contributed by atoms with Gasteiger partial charge in [-0.15, -0.1) is 10.2 Å². The normalized spacial score (nSPS) is 10.7. The van der Waals surface area contributed by atoms with Crippen LogP contribution in [0, 0.1) is 0 Å². The van der Waals surface area contributed by atoms with Crippen LogP contribution < -0.4 is 10.1 Å². The highest BCUT2D eigenvalue weighted by Crippen LogP contribution is 2.28. The van der Waals surface area contributed by atoms with Crippen LogP contribution in [0.4, 0.5) is 5.69 Å². The van der Waals surface area contributed by atoms with E-state index in [0.717, 1.165) is 10.2 Å². The molecule has 1 N–H and O–H groups in total. The van der Waals surface area contributed by atoms with Crippen molar-refractivity contribution in [1.82, 2.24) is 14.8 Å². The predicted octanol–water partition coefficient (Wildman–Crippen LogP) is 5.19. The number of aromatic nitrogens is 3. The van der Waals surface area contributed by atoms with Gasteiger partial charge in [0.25, 0.3) is 0 Å². The standard InChI is InChI=1S/C18H15BrCl2N4O2S/c1-25-16(9-27-15-8-12(20)4-7-14(15)21)23-24-18(25)28-10-17(26)22-13-5-2-11(19)3-6-13/h2-8H,9-10H2,1H3,(H,22,26). The molecule has 0 atom stereocenters. The molecule has 0 spiro atoms. The van der Waals surface area contributed by atoms with Crippen molar-refractivity contribution in [3.05, 3.63) is 62.8 Å². The number of ether oxygens (including phenoxy) is 1. The Morgan fingerprint density at radius 1 is 1.21 bits per heavy atom. The Balaban J connectivity index is 1.54. The summed E-state index contributed by atoms with van der Waals surface area (Å²) in [5.74, 6) is 1.16. The van der Waals surface area contributed by atoms with E-state index in [2.05, 4.69) is 31.4 Å². The van der Waals surface area contributed by atoms with Gasteiger partial charge in [-0.25, -0.2) is 0 Å². The number of carbonyl (C=O) groups is 1. The van der Waals surface area contributed by atoms with Crippen LogP contribution in [0.2, 0.25) is 10.0 Å². The lowest BCUT2D eigenvalue weighted by Gasteiger charge is -2.08. The number of hydrogen-bond acceptors (Lipinski definition) is 5. The van der Waals surface area contributed by atoms with Gasteiger partial charge in [-0.05, 0) is 36.4 Å². The first-order chi connectivity index (χ1) is 13.4. The van der Waals surface area contributed by atoms with E-state index in [4.69, 9.17) is 27.9 Å². The molecular weight excluding hydrogens is 487 g/mol. The molecule has 1 aromatic heterocycles. The van der Waals surface area contributed by atoms with E-state index in [9.17, 15) is 4.79 Å². The fraction of sp³-hybridized carbons (Fsp3) is 0.167. The number of hydrogen-bond donors (Lipinski definition) is 1. The zero-order chi connectivity index (χ0) is 20.1. The molecule has 3 rings (SSSR count). The molecule has 0 radical (unpaired) electrons. The first-order valence-corrected chi connectivity index (χ1v) is 10.6. The lowest BCUT2D eigenvalue weighted by atomic mass is 10.3. The van der Waals surface area contributed by atoms with Crippen molar-refractivity contribution in [3.63, 3.8) is 0 Å². The fourth-order valence-corrected chi connectivity index (χ4v) is 3.52. The molecule has 0 saturated heterocycles. The molecule has 0 fully saturated rings. The SMILES string of the molecule is Cn1c(COc2cc(Cl)ccc2Cl)nnc1SCC(=O)Nc1ccc(Br)cc1. The summed E-state index contributed by atoms with van der Waals surface area (Å²) in [4.78, 5) is 12.1. The molecule has 0 aliphatic carbocycles. The monoisotopic (exact) mass is 500 g/mol. The first kappa shape index (κ1) is 21.0. The molecule has 2 aromatic carbocycles. The number of thioether (sulfide) groups is 1. The molecule has 1 amide bonds. The van der Waals surface area contributed by atoms with E-state index in [1.165, 1.54) is 11.8 Å². The zero-order valence-corrected chi connectivity index (χ0v) is 18.6. The highest BCUT2D eigenvalue weighted by Gasteiger charge is 2.13. The number of rotatable bonds is 7. The number of anilines is 1. The maximum Gasteiger partial charge on any atom is 0.234 e. The lowest BCUT2D eigenvalue weighted by Crippen LogP contribution is -2.14. The summed E-state index contributed by atoms with van der Waals surface area (Å²) in [6.07, 6.45) is 0. The van der Waals surface area contributed by atoms with Crippen LogP contribution in [0.15, 0.2) is 52.1 Å². The molecule has 1 heterocycles. The van der Waals surface area contributed by atoms with Gasteiger partial charge < -0.3 is 14.6 Å². The number of carbonyl (C=O) groups excluding carboxylic acids is 1. The lowest BCUT2D eigenvalue weighted by molar-refractivity contribution is -0.113. The Labute approximate surface area is 184 Å². The maximum absolute atomic E-state index is 12.1. The summed E-state index contributed by atoms with van der Waals surface area (Å²) >= 11 is 16.7. The van der Waals surface area contributed by atoms with Crippen LogP contribution in [0.25, 0.3) is 0 Å². The fourth-order valence-electron chi connectivity index (χ4n) is 2.19. The van der Waals surface area contributed by atoms with Gasteiger partial charge in [-0.1, -0.05) is 50.9 Å². The second-order valence-corrected chi connectivity index (χ2v) is 8.37. The molecule has 10 heteroatoms. The third kappa shape index (κ3) is 5.64. The maximum atomic E-state index is 12.1. The Kier molecular flexibility index (Phi) is 7.23. The van der Waals surface area contributed by atoms with Crippen molar-refractivity contribution in [2.24, 2.45) is 7.05 Å². The Morgan fingerprint density at radius 3 is 2.71 bits per heavy atom. The summed E-state index contributed by atoms with van der Waals surface area (Å²) < 4.78 is 8.41.